The lowest BCUT2D eigenvalue weighted by atomic mass is 10.1. The molecule has 0 unspecified atom stereocenters. The van der Waals surface area contributed by atoms with E-state index in [4.69, 9.17) is 5.73 Å². The van der Waals surface area contributed by atoms with Gasteiger partial charge in [0.25, 0.3) is 0 Å². The van der Waals surface area contributed by atoms with Crippen molar-refractivity contribution >= 4 is 23.3 Å². The number of halogens is 1. The van der Waals surface area contributed by atoms with Crippen LogP contribution in [0.25, 0.3) is 0 Å². The molecular weight excluding hydrogens is 245 g/mol. The van der Waals surface area contributed by atoms with Gasteiger partial charge in [0.05, 0.1) is 0 Å². The van der Waals surface area contributed by atoms with E-state index < -0.39 is 0 Å². The summed E-state index contributed by atoms with van der Waals surface area (Å²) in [7, 11) is 0. The zero-order valence-electron chi connectivity index (χ0n) is 8.39. The highest BCUT2D eigenvalue weighted by atomic mass is 32.2. The normalized spacial score (nSPS) is 10.6. The summed E-state index contributed by atoms with van der Waals surface area (Å²) in [6, 6.07) is 4.89. The summed E-state index contributed by atoms with van der Waals surface area (Å²) in [5, 5.41) is 0. The van der Waals surface area contributed by atoms with Crippen LogP contribution >= 0.6 is 23.3 Å². The van der Waals surface area contributed by atoms with Crippen molar-refractivity contribution < 1.29 is 4.39 Å². The number of nitrogens with two attached hydrogens (primary N) is 1. The lowest BCUT2D eigenvalue weighted by molar-refractivity contribution is 0.624. The highest BCUT2D eigenvalue weighted by Crippen LogP contribution is 2.24. The maximum atomic E-state index is 13.2. The Labute approximate surface area is 101 Å². The molecule has 0 aliphatic carbocycles. The lowest BCUT2D eigenvalue weighted by Gasteiger charge is -2.03. The van der Waals surface area contributed by atoms with E-state index in [1.807, 2.05) is 6.07 Å². The van der Waals surface area contributed by atoms with Crippen LogP contribution < -0.4 is 5.73 Å². The topological polar surface area (TPSA) is 51.8 Å². The molecule has 2 aromatic rings. The summed E-state index contributed by atoms with van der Waals surface area (Å²) in [6.07, 6.45) is 1.52. The molecule has 0 radical (unpaired) electrons. The highest BCUT2D eigenvalue weighted by Gasteiger charge is 2.03. The van der Waals surface area contributed by atoms with Crippen molar-refractivity contribution in [2.45, 2.75) is 16.6 Å². The van der Waals surface area contributed by atoms with Crippen LogP contribution in [0.4, 0.5) is 4.39 Å². The van der Waals surface area contributed by atoms with Gasteiger partial charge in [-0.15, -0.1) is 0 Å². The van der Waals surface area contributed by atoms with Crippen molar-refractivity contribution in [2.24, 2.45) is 5.73 Å². The molecule has 1 heterocycles. The number of thioether (sulfide) groups is 1. The second kappa shape index (κ2) is 5.38. The number of aromatic nitrogens is 2. The molecule has 1 aromatic carbocycles. The first kappa shape index (κ1) is 11.5. The van der Waals surface area contributed by atoms with Crippen LogP contribution in [-0.2, 0) is 12.3 Å². The minimum atomic E-state index is -0.240. The second-order valence-electron chi connectivity index (χ2n) is 3.17. The molecular formula is C10H10FN3S2. The number of nitrogens with zero attached hydrogens (tertiary/aromatic N) is 2. The predicted octanol–water partition coefficient (Wildman–Crippen LogP) is 2.43. The van der Waals surface area contributed by atoms with E-state index in [2.05, 4.69) is 9.36 Å². The zero-order chi connectivity index (χ0) is 11.4. The fourth-order valence-electron chi connectivity index (χ4n) is 1.29. The first-order valence-electron chi connectivity index (χ1n) is 4.66. The number of benzene rings is 1. The van der Waals surface area contributed by atoms with E-state index in [9.17, 15) is 4.39 Å². The standard InChI is InChI=1S/C10H10FN3S2/c11-9-2-7(4-12)1-8(3-9)5-15-10-13-6-14-16-10/h1-3,6H,4-5,12H2. The quantitative estimate of drug-likeness (QED) is 0.852. The number of hydrogen-bond acceptors (Lipinski definition) is 5. The molecule has 0 saturated heterocycles. The van der Waals surface area contributed by atoms with Crippen LogP contribution in [0, 0.1) is 5.82 Å². The van der Waals surface area contributed by atoms with Gasteiger partial charge in [0.15, 0.2) is 4.34 Å². The third-order valence-electron chi connectivity index (χ3n) is 1.96. The summed E-state index contributed by atoms with van der Waals surface area (Å²) in [5.74, 6) is 0.441. The van der Waals surface area contributed by atoms with Gasteiger partial charge in [-0.3, -0.25) is 0 Å². The third kappa shape index (κ3) is 3.01. The first-order valence-corrected chi connectivity index (χ1v) is 6.41. The zero-order valence-corrected chi connectivity index (χ0v) is 10.0. The van der Waals surface area contributed by atoms with E-state index in [1.54, 1.807) is 11.8 Å². The van der Waals surface area contributed by atoms with Gasteiger partial charge in [0.2, 0.25) is 0 Å². The Hall–Kier alpha value is -0.980. The third-order valence-corrected chi connectivity index (χ3v) is 3.82. The fourth-order valence-corrected chi connectivity index (χ4v) is 2.66. The molecule has 16 heavy (non-hydrogen) atoms. The molecule has 6 heteroatoms. The Morgan fingerprint density at radius 2 is 2.12 bits per heavy atom. The first-order chi connectivity index (χ1) is 7.78. The number of rotatable bonds is 4. The molecule has 0 bridgehead atoms. The average molecular weight is 255 g/mol. The summed E-state index contributed by atoms with van der Waals surface area (Å²) in [4.78, 5) is 4.05. The number of hydrogen-bond donors (Lipinski definition) is 1. The minimum Gasteiger partial charge on any atom is -0.326 e. The average Bonchev–Trinajstić information content (AvgIpc) is 2.78. The Morgan fingerprint density at radius 3 is 2.81 bits per heavy atom. The molecule has 84 valence electrons. The molecule has 0 amide bonds. The van der Waals surface area contributed by atoms with Crippen molar-refractivity contribution in [3.63, 3.8) is 0 Å². The van der Waals surface area contributed by atoms with Gasteiger partial charge in [-0.25, -0.2) is 9.37 Å². The second-order valence-corrected chi connectivity index (χ2v) is 5.17. The van der Waals surface area contributed by atoms with Crippen LogP contribution in [0.15, 0.2) is 28.9 Å². The molecule has 0 spiro atoms. The van der Waals surface area contributed by atoms with Crippen molar-refractivity contribution in [1.82, 2.24) is 9.36 Å². The van der Waals surface area contributed by atoms with E-state index in [-0.39, 0.29) is 5.82 Å². The van der Waals surface area contributed by atoms with Gasteiger partial charge >= 0.3 is 0 Å². The fraction of sp³-hybridized carbons (Fsp3) is 0.200. The Balaban J connectivity index is 2.06. The Morgan fingerprint density at radius 1 is 1.31 bits per heavy atom. The van der Waals surface area contributed by atoms with Gasteiger partial charge in [-0.05, 0) is 34.8 Å². The SMILES string of the molecule is NCc1cc(F)cc(CSc2ncns2)c1. The van der Waals surface area contributed by atoms with Gasteiger partial charge in [-0.1, -0.05) is 17.8 Å². The molecule has 2 rings (SSSR count). The highest BCUT2D eigenvalue weighted by molar-refractivity contribution is 8.00. The van der Waals surface area contributed by atoms with E-state index in [0.717, 1.165) is 15.5 Å². The maximum Gasteiger partial charge on any atom is 0.170 e. The van der Waals surface area contributed by atoms with Gasteiger partial charge < -0.3 is 5.73 Å². The van der Waals surface area contributed by atoms with E-state index in [1.165, 1.54) is 30.0 Å². The van der Waals surface area contributed by atoms with Crippen LogP contribution in [0.3, 0.4) is 0 Å². The van der Waals surface area contributed by atoms with Crippen molar-refractivity contribution in [3.05, 3.63) is 41.5 Å². The molecule has 2 N–H and O–H groups in total. The van der Waals surface area contributed by atoms with E-state index in [0.29, 0.717) is 12.3 Å². The van der Waals surface area contributed by atoms with Gasteiger partial charge in [0, 0.05) is 12.3 Å². The van der Waals surface area contributed by atoms with Crippen molar-refractivity contribution in [1.29, 1.82) is 0 Å². The van der Waals surface area contributed by atoms with Crippen LogP contribution in [0.1, 0.15) is 11.1 Å². The summed E-state index contributed by atoms with van der Waals surface area (Å²) in [6.45, 7) is 0.355. The predicted molar refractivity (Wildman–Crippen MR) is 63.8 cm³/mol. The van der Waals surface area contributed by atoms with Gasteiger partial charge in [-0.2, -0.15) is 4.37 Å². The van der Waals surface area contributed by atoms with Crippen LogP contribution in [0.2, 0.25) is 0 Å². The smallest absolute Gasteiger partial charge is 0.170 e. The molecule has 0 aliphatic rings. The van der Waals surface area contributed by atoms with Crippen molar-refractivity contribution in [3.8, 4) is 0 Å². The van der Waals surface area contributed by atoms with Gasteiger partial charge in [0.1, 0.15) is 12.1 Å². The molecule has 0 saturated carbocycles. The summed E-state index contributed by atoms with van der Waals surface area (Å²) in [5.41, 5.74) is 7.21. The van der Waals surface area contributed by atoms with E-state index >= 15 is 0 Å². The lowest BCUT2D eigenvalue weighted by Crippen LogP contribution is -1.98. The van der Waals surface area contributed by atoms with Crippen LogP contribution in [-0.4, -0.2) is 9.36 Å². The monoisotopic (exact) mass is 255 g/mol. The maximum absolute atomic E-state index is 13.2. The molecule has 0 fully saturated rings. The molecule has 1 aromatic heterocycles. The Kier molecular flexibility index (Phi) is 3.87. The Bertz CT molecular complexity index is 459. The molecule has 0 atom stereocenters. The molecule has 0 aliphatic heterocycles. The minimum absolute atomic E-state index is 0.240. The summed E-state index contributed by atoms with van der Waals surface area (Å²) < 4.78 is 18.0. The molecule has 3 nitrogen and oxygen atoms in total. The largest absolute Gasteiger partial charge is 0.326 e. The summed E-state index contributed by atoms with van der Waals surface area (Å²) >= 11 is 2.89. The van der Waals surface area contributed by atoms with Crippen LogP contribution in [0.5, 0.6) is 0 Å². The van der Waals surface area contributed by atoms with Crippen molar-refractivity contribution in [2.75, 3.05) is 0 Å².